The number of phosphoric ester groups is 1. The fourth-order valence-corrected chi connectivity index (χ4v) is 4.49. The van der Waals surface area contributed by atoms with Crippen LogP contribution in [0.15, 0.2) is 12.7 Å². The van der Waals surface area contributed by atoms with Crippen LogP contribution in [0, 0.1) is 0 Å². The van der Waals surface area contributed by atoms with Crippen molar-refractivity contribution in [2.24, 2.45) is 0 Å². The van der Waals surface area contributed by atoms with E-state index in [4.69, 9.17) is 10.5 Å². The molecule has 0 spiro atoms. The third-order valence-electron chi connectivity index (χ3n) is 3.64. The average molecular weight is 423 g/mol. The number of nitrogens with zero attached hydrogens (tertiary/aromatic N) is 4. The number of imidazole rings is 1. The topological polar surface area (TPSA) is 218 Å². The number of nitrogen functional groups attached to an aromatic ring is 1. The Labute approximate surface area is 151 Å². The summed E-state index contributed by atoms with van der Waals surface area (Å²) in [6.45, 7) is -0.238. The molecule has 1 saturated heterocycles. The van der Waals surface area contributed by atoms with Crippen molar-refractivity contribution in [2.45, 2.75) is 24.5 Å². The lowest BCUT2D eigenvalue weighted by atomic mass is 10.1. The van der Waals surface area contributed by atoms with Gasteiger partial charge in [-0.25, -0.2) is 15.0 Å². The molecule has 6 atom stereocenters. The van der Waals surface area contributed by atoms with Crippen molar-refractivity contribution in [2.75, 3.05) is 19.0 Å². The number of hydrogen-bond acceptors (Lipinski definition) is 13. The minimum Gasteiger partial charge on any atom is -0.778 e. The number of fused-ring (bicyclic) bond motifs is 1. The number of ether oxygens (including phenoxy) is 1. The standard InChI is InChI=1S/C11H17N5O9P2/c1-26(19,20)25-27(21,22)23-2-5-7(17)8(18)11(24-5)16-4-15-6-9(12)13-3-14-10(6)16/h3-5,7-8,11,17-18H,2H2,1H3,(H,19,20)(H,21,22)(H2,12,13,14)/p-2/t5-,7-,8-,11-/m1/s1. The lowest BCUT2D eigenvalue weighted by Gasteiger charge is -2.29. The van der Waals surface area contributed by atoms with E-state index >= 15 is 0 Å². The number of anilines is 1. The van der Waals surface area contributed by atoms with E-state index < -0.39 is 46.6 Å². The van der Waals surface area contributed by atoms with Crippen LogP contribution in [-0.2, 0) is 22.7 Å². The molecular weight excluding hydrogens is 408 g/mol. The number of hydrogen-bond donors (Lipinski definition) is 3. The number of aliphatic hydroxyl groups is 2. The van der Waals surface area contributed by atoms with E-state index in [-0.39, 0.29) is 17.0 Å². The van der Waals surface area contributed by atoms with Crippen LogP contribution >= 0.6 is 15.4 Å². The lowest BCUT2D eigenvalue weighted by Crippen LogP contribution is -2.34. The Hall–Kier alpha value is -1.47. The highest BCUT2D eigenvalue weighted by Gasteiger charge is 2.45. The van der Waals surface area contributed by atoms with E-state index in [9.17, 15) is 29.1 Å². The molecule has 0 aromatic carbocycles. The highest BCUT2D eigenvalue weighted by Crippen LogP contribution is 2.53. The Bertz CT molecular complexity index is 932. The first-order valence-electron chi connectivity index (χ1n) is 7.38. The van der Waals surface area contributed by atoms with Crippen molar-refractivity contribution in [1.82, 2.24) is 19.5 Å². The monoisotopic (exact) mass is 423 g/mol. The van der Waals surface area contributed by atoms with Gasteiger partial charge < -0.3 is 39.6 Å². The molecule has 150 valence electrons. The predicted molar refractivity (Wildman–Crippen MR) is 83.8 cm³/mol. The third-order valence-corrected chi connectivity index (χ3v) is 6.10. The number of nitrogens with two attached hydrogens (primary N) is 1. The van der Waals surface area contributed by atoms with Gasteiger partial charge in [-0.3, -0.25) is 13.4 Å². The molecule has 0 saturated carbocycles. The van der Waals surface area contributed by atoms with Crippen molar-refractivity contribution in [3.63, 3.8) is 0 Å². The van der Waals surface area contributed by atoms with Crippen molar-refractivity contribution in [3.8, 4) is 0 Å². The van der Waals surface area contributed by atoms with Gasteiger partial charge in [0.2, 0.25) is 0 Å². The summed E-state index contributed by atoms with van der Waals surface area (Å²) < 4.78 is 37.4. The molecule has 3 rings (SSSR count). The van der Waals surface area contributed by atoms with Crippen LogP contribution in [0.2, 0.25) is 0 Å². The molecule has 16 heteroatoms. The van der Waals surface area contributed by atoms with Crippen molar-refractivity contribution in [3.05, 3.63) is 12.7 Å². The second-order valence-corrected chi connectivity index (χ2v) is 9.07. The van der Waals surface area contributed by atoms with E-state index in [0.29, 0.717) is 6.66 Å². The summed E-state index contributed by atoms with van der Waals surface area (Å²) >= 11 is 0. The minimum atomic E-state index is -5.19. The van der Waals surface area contributed by atoms with Gasteiger partial charge in [0.25, 0.3) is 7.82 Å². The van der Waals surface area contributed by atoms with Gasteiger partial charge in [-0.2, -0.15) is 0 Å². The minimum absolute atomic E-state index is 0.0951. The Morgan fingerprint density at radius 2 is 2.00 bits per heavy atom. The van der Waals surface area contributed by atoms with Crippen LogP contribution in [0.25, 0.3) is 11.2 Å². The molecule has 14 nitrogen and oxygen atoms in total. The molecule has 0 amide bonds. The summed E-state index contributed by atoms with van der Waals surface area (Å²) in [5, 5.41) is 20.3. The molecule has 1 aliphatic rings. The van der Waals surface area contributed by atoms with E-state index in [1.54, 1.807) is 0 Å². The van der Waals surface area contributed by atoms with Crippen molar-refractivity contribution >= 4 is 32.4 Å². The molecular formula is C11H15N5O9P2-2. The van der Waals surface area contributed by atoms with E-state index in [2.05, 4.69) is 23.8 Å². The zero-order chi connectivity index (χ0) is 20.0. The van der Waals surface area contributed by atoms with Crippen LogP contribution in [0.5, 0.6) is 0 Å². The van der Waals surface area contributed by atoms with Gasteiger partial charge in [0.1, 0.15) is 37.8 Å². The molecule has 0 bridgehead atoms. The zero-order valence-electron chi connectivity index (χ0n) is 13.7. The average Bonchev–Trinajstić information content (AvgIpc) is 3.07. The van der Waals surface area contributed by atoms with Crippen LogP contribution in [0.4, 0.5) is 5.82 Å². The van der Waals surface area contributed by atoms with Gasteiger partial charge in [0.15, 0.2) is 17.7 Å². The summed E-state index contributed by atoms with van der Waals surface area (Å²) in [5.74, 6) is 0.0951. The normalized spacial score (nSPS) is 30.3. The van der Waals surface area contributed by atoms with Gasteiger partial charge in [-0.15, -0.1) is 0 Å². The molecule has 2 aromatic heterocycles. The maximum atomic E-state index is 11.5. The zero-order valence-corrected chi connectivity index (χ0v) is 15.5. The van der Waals surface area contributed by atoms with Gasteiger partial charge in [-0.05, 0) is 0 Å². The highest BCUT2D eigenvalue weighted by atomic mass is 31.3. The second kappa shape index (κ2) is 7.17. The Morgan fingerprint density at radius 1 is 1.30 bits per heavy atom. The largest absolute Gasteiger partial charge is 0.778 e. The number of aromatic nitrogens is 4. The molecule has 4 N–H and O–H groups in total. The highest BCUT2D eigenvalue weighted by molar-refractivity contribution is 7.62. The number of rotatable bonds is 6. The molecule has 27 heavy (non-hydrogen) atoms. The summed E-state index contributed by atoms with van der Waals surface area (Å²) in [7, 11) is -9.79. The fourth-order valence-electron chi connectivity index (χ4n) is 2.52. The lowest BCUT2D eigenvalue weighted by molar-refractivity contribution is -0.233. The number of phosphoric acid groups is 1. The molecule has 0 aliphatic carbocycles. The molecule has 0 radical (unpaired) electrons. The summed E-state index contributed by atoms with van der Waals surface area (Å²) in [6, 6.07) is 0. The Balaban J connectivity index is 1.75. The first kappa shape index (κ1) is 20.3. The van der Waals surface area contributed by atoms with E-state index in [1.807, 2.05) is 0 Å². The maximum Gasteiger partial charge on any atom is 0.272 e. The summed E-state index contributed by atoms with van der Waals surface area (Å²) in [6.07, 6.45) is -3.10. The fraction of sp³-hybridized carbons (Fsp3) is 0.545. The molecule has 1 aliphatic heterocycles. The first-order chi connectivity index (χ1) is 12.5. The van der Waals surface area contributed by atoms with Crippen LogP contribution < -0.4 is 15.5 Å². The summed E-state index contributed by atoms with van der Waals surface area (Å²) in [5.41, 5.74) is 6.14. The molecule has 2 aromatic rings. The third kappa shape index (κ3) is 4.35. The smallest absolute Gasteiger partial charge is 0.272 e. The molecule has 3 heterocycles. The van der Waals surface area contributed by atoms with Gasteiger partial charge in [0.05, 0.1) is 12.9 Å². The van der Waals surface area contributed by atoms with Gasteiger partial charge in [0, 0.05) is 6.66 Å². The molecule has 2 unspecified atom stereocenters. The maximum absolute atomic E-state index is 11.5. The second-order valence-electron chi connectivity index (χ2n) is 5.73. The summed E-state index contributed by atoms with van der Waals surface area (Å²) in [4.78, 5) is 34.2. The number of aliphatic hydroxyl groups excluding tert-OH is 2. The van der Waals surface area contributed by atoms with Crippen molar-refractivity contribution < 1.29 is 42.7 Å². The van der Waals surface area contributed by atoms with Crippen LogP contribution in [0.1, 0.15) is 6.23 Å². The van der Waals surface area contributed by atoms with Crippen LogP contribution in [-0.4, -0.2) is 61.3 Å². The van der Waals surface area contributed by atoms with E-state index in [0.717, 1.165) is 0 Å². The quantitative estimate of drug-likeness (QED) is 0.417. The SMILES string of the molecule is CP(=O)([O-])OP(=O)([O-])OC[C@H]1O[C@@H](n2cnc3c(N)ncnc32)[C@H](O)[C@@H]1O. The first-order valence-corrected chi connectivity index (χ1v) is 10.8. The Morgan fingerprint density at radius 3 is 2.67 bits per heavy atom. The van der Waals surface area contributed by atoms with Gasteiger partial charge in [-0.1, -0.05) is 0 Å². The van der Waals surface area contributed by atoms with E-state index in [1.165, 1.54) is 17.2 Å². The van der Waals surface area contributed by atoms with Gasteiger partial charge >= 0.3 is 0 Å². The molecule has 1 fully saturated rings. The van der Waals surface area contributed by atoms with Crippen LogP contribution in [0.3, 0.4) is 0 Å². The predicted octanol–water partition coefficient (Wildman–Crippen LogP) is -2.29. The Kier molecular flexibility index (Phi) is 5.38. The van der Waals surface area contributed by atoms with Crippen molar-refractivity contribution in [1.29, 1.82) is 0 Å².